The van der Waals surface area contributed by atoms with Crippen LogP contribution in [-0.2, 0) is 13.0 Å². The third kappa shape index (κ3) is 2.50. The highest BCUT2D eigenvalue weighted by atomic mass is 32.1. The fourth-order valence-electron chi connectivity index (χ4n) is 2.12. The number of halogens is 1. The largest absolute Gasteiger partial charge is 0.315 e. The molecule has 0 amide bonds. The first-order valence-electron chi connectivity index (χ1n) is 5.96. The van der Waals surface area contributed by atoms with Gasteiger partial charge in [0, 0.05) is 11.4 Å². The second kappa shape index (κ2) is 5.15. The molecule has 0 aliphatic carbocycles. The Morgan fingerprint density at radius 1 is 1.35 bits per heavy atom. The molecule has 17 heavy (non-hydrogen) atoms. The number of fused-ring (bicyclic) bond motifs is 1. The Morgan fingerprint density at radius 3 is 2.76 bits per heavy atom. The first-order chi connectivity index (χ1) is 8.13. The smallest absolute Gasteiger partial charge is 0.141 e. The summed E-state index contributed by atoms with van der Waals surface area (Å²) >= 11 is 1.58. The second-order valence-electron chi connectivity index (χ2n) is 4.75. The molecule has 2 aromatic rings. The second-order valence-corrected chi connectivity index (χ2v) is 5.85. The maximum Gasteiger partial charge on any atom is 0.141 e. The van der Waals surface area contributed by atoms with Crippen molar-refractivity contribution in [2.24, 2.45) is 5.92 Å². The number of nitrogens with one attached hydrogen (secondary N) is 1. The van der Waals surface area contributed by atoms with Gasteiger partial charge in [-0.1, -0.05) is 26.0 Å². The molecular formula is C14H18FNS. The van der Waals surface area contributed by atoms with Gasteiger partial charge in [0.15, 0.2) is 0 Å². The van der Waals surface area contributed by atoms with Crippen molar-refractivity contribution in [3.63, 3.8) is 0 Å². The molecule has 0 aliphatic rings. The Balaban J connectivity index is 2.58. The molecule has 0 fully saturated rings. The van der Waals surface area contributed by atoms with Crippen molar-refractivity contribution < 1.29 is 4.39 Å². The molecule has 0 saturated heterocycles. The quantitative estimate of drug-likeness (QED) is 0.867. The lowest BCUT2D eigenvalue weighted by Crippen LogP contribution is -2.06. The van der Waals surface area contributed by atoms with E-state index in [4.69, 9.17) is 0 Å². The monoisotopic (exact) mass is 251 g/mol. The summed E-state index contributed by atoms with van der Waals surface area (Å²) in [5.74, 6) is 0.492. The highest BCUT2D eigenvalue weighted by Gasteiger charge is 2.14. The van der Waals surface area contributed by atoms with E-state index in [1.165, 1.54) is 10.4 Å². The summed E-state index contributed by atoms with van der Waals surface area (Å²) in [5, 5.41) is 4.26. The lowest BCUT2D eigenvalue weighted by molar-refractivity contribution is 0.639. The average Bonchev–Trinajstić information content (AvgIpc) is 2.59. The third-order valence-corrected chi connectivity index (χ3v) is 4.06. The van der Waals surface area contributed by atoms with E-state index in [9.17, 15) is 4.39 Å². The molecule has 0 unspecified atom stereocenters. The van der Waals surface area contributed by atoms with E-state index in [1.807, 2.05) is 13.1 Å². The zero-order valence-corrected chi connectivity index (χ0v) is 11.3. The van der Waals surface area contributed by atoms with Gasteiger partial charge >= 0.3 is 0 Å². The van der Waals surface area contributed by atoms with E-state index >= 15 is 0 Å². The van der Waals surface area contributed by atoms with Crippen LogP contribution in [0.15, 0.2) is 18.2 Å². The number of hydrogen-bond donors (Lipinski definition) is 1. The first-order valence-corrected chi connectivity index (χ1v) is 6.78. The molecule has 0 bridgehead atoms. The van der Waals surface area contributed by atoms with Gasteiger partial charge in [0.25, 0.3) is 0 Å². The van der Waals surface area contributed by atoms with Crippen LogP contribution in [0.3, 0.4) is 0 Å². The summed E-state index contributed by atoms with van der Waals surface area (Å²) in [6.07, 6.45) is 1.01. The molecule has 1 aromatic carbocycles. The summed E-state index contributed by atoms with van der Waals surface area (Å²) in [4.78, 5) is 1.27. The molecule has 0 saturated carbocycles. The highest BCUT2D eigenvalue weighted by Crippen LogP contribution is 2.34. The molecule has 1 N–H and O–H groups in total. The summed E-state index contributed by atoms with van der Waals surface area (Å²) < 4.78 is 14.5. The van der Waals surface area contributed by atoms with Gasteiger partial charge in [0.2, 0.25) is 0 Å². The number of benzene rings is 1. The van der Waals surface area contributed by atoms with Gasteiger partial charge in [-0.05, 0) is 36.4 Å². The van der Waals surface area contributed by atoms with E-state index in [-0.39, 0.29) is 5.82 Å². The average molecular weight is 251 g/mol. The Kier molecular flexibility index (Phi) is 3.79. The van der Waals surface area contributed by atoms with Gasteiger partial charge in [0.05, 0.1) is 4.70 Å². The van der Waals surface area contributed by atoms with Crippen LogP contribution < -0.4 is 5.32 Å². The number of rotatable bonds is 4. The third-order valence-electron chi connectivity index (χ3n) is 2.80. The Morgan fingerprint density at radius 2 is 2.12 bits per heavy atom. The molecule has 0 aliphatic heterocycles. The van der Waals surface area contributed by atoms with Crippen molar-refractivity contribution in [2.45, 2.75) is 26.8 Å². The van der Waals surface area contributed by atoms with Gasteiger partial charge in [0.1, 0.15) is 5.82 Å². The SMILES string of the molecule is CNCc1sc2c(F)cccc2c1CC(C)C. The zero-order chi connectivity index (χ0) is 12.4. The highest BCUT2D eigenvalue weighted by molar-refractivity contribution is 7.19. The van der Waals surface area contributed by atoms with Gasteiger partial charge in [-0.2, -0.15) is 0 Å². The molecular weight excluding hydrogens is 233 g/mol. The van der Waals surface area contributed by atoms with E-state index in [2.05, 4.69) is 19.2 Å². The van der Waals surface area contributed by atoms with Crippen molar-refractivity contribution in [1.82, 2.24) is 5.32 Å². The Labute approximate surface area is 106 Å². The first kappa shape index (κ1) is 12.5. The van der Waals surface area contributed by atoms with E-state index in [0.29, 0.717) is 5.92 Å². The van der Waals surface area contributed by atoms with Gasteiger partial charge in [-0.15, -0.1) is 11.3 Å². The lowest BCUT2D eigenvalue weighted by Gasteiger charge is -2.07. The Bertz CT molecular complexity index is 516. The Hall–Kier alpha value is -0.930. The fourth-order valence-corrected chi connectivity index (χ4v) is 3.37. The minimum atomic E-state index is -0.0974. The van der Waals surface area contributed by atoms with Crippen molar-refractivity contribution in [2.75, 3.05) is 7.05 Å². The van der Waals surface area contributed by atoms with Crippen LogP contribution in [0.5, 0.6) is 0 Å². The molecule has 0 spiro atoms. The van der Waals surface area contributed by atoms with Crippen LogP contribution in [0.1, 0.15) is 24.3 Å². The van der Waals surface area contributed by atoms with Gasteiger partial charge in [-0.3, -0.25) is 0 Å². The van der Waals surface area contributed by atoms with Gasteiger partial charge in [-0.25, -0.2) is 4.39 Å². The van der Waals surface area contributed by atoms with Crippen LogP contribution in [0.25, 0.3) is 10.1 Å². The zero-order valence-electron chi connectivity index (χ0n) is 10.5. The van der Waals surface area contributed by atoms with Crippen molar-refractivity contribution >= 4 is 21.4 Å². The predicted octanol–water partition coefficient (Wildman–Crippen LogP) is 3.96. The maximum atomic E-state index is 13.7. The molecule has 1 heterocycles. The van der Waals surface area contributed by atoms with Crippen LogP contribution in [0.2, 0.25) is 0 Å². The van der Waals surface area contributed by atoms with Gasteiger partial charge < -0.3 is 5.32 Å². The van der Waals surface area contributed by atoms with E-state index in [0.717, 1.165) is 23.1 Å². The number of thiophene rings is 1. The normalized spacial score (nSPS) is 11.6. The van der Waals surface area contributed by atoms with E-state index < -0.39 is 0 Å². The van der Waals surface area contributed by atoms with Crippen molar-refractivity contribution in [3.05, 3.63) is 34.5 Å². The minimum absolute atomic E-state index is 0.0974. The maximum absolute atomic E-state index is 13.7. The topological polar surface area (TPSA) is 12.0 Å². The summed E-state index contributed by atoms with van der Waals surface area (Å²) in [5.41, 5.74) is 1.31. The summed E-state index contributed by atoms with van der Waals surface area (Å²) in [6, 6.07) is 5.38. The van der Waals surface area contributed by atoms with Crippen LogP contribution in [-0.4, -0.2) is 7.05 Å². The molecule has 0 radical (unpaired) electrons. The lowest BCUT2D eigenvalue weighted by atomic mass is 10.00. The fraction of sp³-hybridized carbons (Fsp3) is 0.429. The minimum Gasteiger partial charge on any atom is -0.315 e. The molecule has 3 heteroatoms. The molecule has 1 nitrogen and oxygen atoms in total. The van der Waals surface area contributed by atoms with Crippen LogP contribution in [0, 0.1) is 11.7 Å². The molecule has 92 valence electrons. The van der Waals surface area contributed by atoms with E-state index in [1.54, 1.807) is 23.5 Å². The molecule has 0 atom stereocenters. The summed E-state index contributed by atoms with van der Waals surface area (Å²) in [7, 11) is 1.93. The van der Waals surface area contributed by atoms with Crippen molar-refractivity contribution in [3.8, 4) is 0 Å². The standard InChI is InChI=1S/C14H18FNS/c1-9(2)7-11-10-5-4-6-12(15)14(10)17-13(11)8-16-3/h4-6,9,16H,7-8H2,1-3H3. The summed E-state index contributed by atoms with van der Waals surface area (Å²) in [6.45, 7) is 5.22. The predicted molar refractivity (Wildman–Crippen MR) is 73.1 cm³/mol. The van der Waals surface area contributed by atoms with Crippen LogP contribution in [0.4, 0.5) is 4.39 Å². The van der Waals surface area contributed by atoms with Crippen molar-refractivity contribution in [1.29, 1.82) is 0 Å². The number of hydrogen-bond acceptors (Lipinski definition) is 2. The molecule has 2 rings (SSSR count). The molecule has 1 aromatic heterocycles. The van der Waals surface area contributed by atoms with Crippen LogP contribution >= 0.6 is 11.3 Å².